The van der Waals surface area contributed by atoms with Gasteiger partial charge in [0.25, 0.3) is 0 Å². The summed E-state index contributed by atoms with van der Waals surface area (Å²) in [7, 11) is 0. The number of ether oxygens (including phenoxy) is 1. The highest BCUT2D eigenvalue weighted by molar-refractivity contribution is 5.91. The van der Waals surface area contributed by atoms with Crippen molar-refractivity contribution in [1.82, 2.24) is 0 Å². The van der Waals surface area contributed by atoms with Crippen molar-refractivity contribution in [2.45, 2.75) is 25.7 Å². The van der Waals surface area contributed by atoms with Gasteiger partial charge in [-0.25, -0.2) is 4.79 Å². The fraction of sp³-hybridized carbons (Fsp3) is 0.263. The number of aryl methyl sites for hydroxylation is 1. The molecule has 4 nitrogen and oxygen atoms in total. The molecule has 0 amide bonds. The van der Waals surface area contributed by atoms with Gasteiger partial charge in [-0.2, -0.15) is 5.26 Å². The molecule has 4 heteroatoms. The third-order valence-electron chi connectivity index (χ3n) is 3.56. The first-order valence-electron chi connectivity index (χ1n) is 7.65. The lowest BCUT2D eigenvalue weighted by Gasteiger charge is -2.10. The van der Waals surface area contributed by atoms with E-state index in [2.05, 4.69) is 12.1 Å². The Hall–Kier alpha value is -2.80. The first kappa shape index (κ1) is 16.6. The van der Waals surface area contributed by atoms with Crippen molar-refractivity contribution in [2.75, 3.05) is 6.61 Å². The molecule has 0 aliphatic carbocycles. The van der Waals surface area contributed by atoms with Crippen molar-refractivity contribution >= 4 is 5.97 Å². The molecule has 0 aromatic heterocycles. The van der Waals surface area contributed by atoms with Crippen LogP contribution >= 0.6 is 0 Å². The average Bonchev–Trinajstić information content (AvgIpc) is 2.58. The molecule has 0 spiro atoms. The van der Waals surface area contributed by atoms with Crippen LogP contribution in [0.25, 0.3) is 0 Å². The second-order valence-corrected chi connectivity index (χ2v) is 5.24. The molecule has 0 saturated carbocycles. The van der Waals surface area contributed by atoms with Crippen LogP contribution in [-0.2, 0) is 6.42 Å². The zero-order chi connectivity index (χ0) is 16.5. The Morgan fingerprint density at radius 3 is 2.52 bits per heavy atom. The van der Waals surface area contributed by atoms with Crippen molar-refractivity contribution < 1.29 is 14.6 Å². The van der Waals surface area contributed by atoms with Gasteiger partial charge in [-0.1, -0.05) is 36.4 Å². The Labute approximate surface area is 136 Å². The quantitative estimate of drug-likeness (QED) is 0.747. The van der Waals surface area contributed by atoms with Crippen LogP contribution in [0.5, 0.6) is 5.75 Å². The summed E-state index contributed by atoms with van der Waals surface area (Å²) in [6, 6.07) is 16.8. The zero-order valence-corrected chi connectivity index (χ0v) is 12.9. The number of nitriles is 1. The Bertz CT molecular complexity index is 690. The van der Waals surface area contributed by atoms with Crippen LogP contribution in [0, 0.1) is 11.3 Å². The van der Waals surface area contributed by atoms with Gasteiger partial charge in [0.15, 0.2) is 5.75 Å². The number of hydrogen-bond acceptors (Lipinski definition) is 3. The maximum absolute atomic E-state index is 11.2. The summed E-state index contributed by atoms with van der Waals surface area (Å²) in [5.74, 6) is -0.910. The van der Waals surface area contributed by atoms with Crippen molar-refractivity contribution in [1.29, 1.82) is 5.26 Å². The molecule has 0 aliphatic heterocycles. The first-order chi connectivity index (χ1) is 11.2. The van der Waals surface area contributed by atoms with Gasteiger partial charge in [0, 0.05) is 0 Å². The summed E-state index contributed by atoms with van der Waals surface area (Å²) in [5.41, 5.74) is 1.61. The molecule has 2 aromatic carbocycles. The topological polar surface area (TPSA) is 70.3 Å². The summed E-state index contributed by atoms with van der Waals surface area (Å²) in [4.78, 5) is 11.2. The number of unbranched alkanes of at least 4 members (excludes halogenated alkanes) is 2. The van der Waals surface area contributed by atoms with Gasteiger partial charge in [0.2, 0.25) is 0 Å². The maximum atomic E-state index is 11.2. The van der Waals surface area contributed by atoms with Crippen LogP contribution in [0.1, 0.15) is 40.7 Å². The average molecular weight is 309 g/mol. The van der Waals surface area contributed by atoms with E-state index in [0.29, 0.717) is 6.61 Å². The van der Waals surface area contributed by atoms with Gasteiger partial charge in [0.05, 0.1) is 12.2 Å². The van der Waals surface area contributed by atoms with E-state index in [1.807, 2.05) is 24.3 Å². The molecule has 0 aliphatic rings. The smallest absolute Gasteiger partial charge is 0.339 e. The molecule has 118 valence electrons. The number of carboxylic acid groups (broad SMARTS) is 1. The number of nitrogens with zero attached hydrogens (tertiary/aromatic N) is 1. The summed E-state index contributed by atoms with van der Waals surface area (Å²) < 4.78 is 5.57. The van der Waals surface area contributed by atoms with E-state index in [-0.39, 0.29) is 16.9 Å². The number of benzene rings is 2. The highest BCUT2D eigenvalue weighted by Gasteiger charge is 2.15. The number of carbonyl (C=O) groups is 1. The summed E-state index contributed by atoms with van der Waals surface area (Å²) in [6.07, 6.45) is 3.90. The Morgan fingerprint density at radius 2 is 1.83 bits per heavy atom. The molecule has 2 rings (SSSR count). The molecule has 2 aromatic rings. The summed E-state index contributed by atoms with van der Waals surface area (Å²) in [6.45, 7) is 0.410. The van der Waals surface area contributed by atoms with Gasteiger partial charge < -0.3 is 9.84 Å². The van der Waals surface area contributed by atoms with E-state index < -0.39 is 5.97 Å². The molecular weight excluding hydrogens is 290 g/mol. The lowest BCUT2D eigenvalue weighted by atomic mass is 10.1. The predicted molar refractivity (Wildman–Crippen MR) is 87.6 cm³/mol. The standard InChI is InChI=1S/C19H19NO3/c20-14-16-11-7-12-17(19(21)22)18(16)23-13-6-2-5-10-15-8-3-1-4-9-15/h1,3-4,7-9,11-12H,2,5-6,10,13H2,(H,21,22). The van der Waals surface area contributed by atoms with Crippen LogP contribution in [-0.4, -0.2) is 17.7 Å². The van der Waals surface area contributed by atoms with E-state index in [9.17, 15) is 4.79 Å². The lowest BCUT2D eigenvalue weighted by molar-refractivity contribution is 0.0692. The maximum Gasteiger partial charge on any atom is 0.339 e. The molecule has 0 heterocycles. The minimum Gasteiger partial charge on any atom is -0.491 e. The van der Waals surface area contributed by atoms with E-state index in [0.717, 1.165) is 25.7 Å². The number of carboxylic acids is 1. The number of aromatic carboxylic acids is 1. The molecule has 23 heavy (non-hydrogen) atoms. The fourth-order valence-electron chi connectivity index (χ4n) is 2.38. The van der Waals surface area contributed by atoms with Gasteiger partial charge in [-0.15, -0.1) is 0 Å². The number of rotatable bonds is 8. The highest BCUT2D eigenvalue weighted by atomic mass is 16.5. The van der Waals surface area contributed by atoms with Crippen molar-refractivity contribution in [3.05, 3.63) is 65.2 Å². The monoisotopic (exact) mass is 309 g/mol. The van der Waals surface area contributed by atoms with Crippen molar-refractivity contribution in [2.24, 2.45) is 0 Å². The Balaban J connectivity index is 1.80. The van der Waals surface area contributed by atoms with E-state index in [1.54, 1.807) is 12.1 Å². The van der Waals surface area contributed by atoms with Gasteiger partial charge in [0.1, 0.15) is 11.6 Å². The third-order valence-corrected chi connectivity index (χ3v) is 3.56. The second kappa shape index (κ2) is 8.60. The molecular formula is C19H19NO3. The van der Waals surface area contributed by atoms with E-state index in [4.69, 9.17) is 15.1 Å². The Morgan fingerprint density at radius 1 is 1.04 bits per heavy atom. The van der Waals surface area contributed by atoms with Crippen LogP contribution < -0.4 is 4.74 Å². The lowest BCUT2D eigenvalue weighted by Crippen LogP contribution is -2.06. The SMILES string of the molecule is N#Cc1cccc(C(=O)O)c1OCCCCCc1ccccc1. The van der Waals surface area contributed by atoms with Crippen LogP contribution in [0.2, 0.25) is 0 Å². The molecule has 0 radical (unpaired) electrons. The second-order valence-electron chi connectivity index (χ2n) is 5.24. The molecule has 0 unspecified atom stereocenters. The molecule has 1 N–H and O–H groups in total. The van der Waals surface area contributed by atoms with Crippen molar-refractivity contribution in [3.63, 3.8) is 0 Å². The van der Waals surface area contributed by atoms with Gasteiger partial charge in [-0.05, 0) is 43.4 Å². The van der Waals surface area contributed by atoms with Crippen LogP contribution in [0.4, 0.5) is 0 Å². The minimum atomic E-state index is -1.08. The normalized spacial score (nSPS) is 10.0. The van der Waals surface area contributed by atoms with E-state index in [1.165, 1.54) is 11.6 Å². The Kier molecular flexibility index (Phi) is 6.19. The molecule has 0 bridgehead atoms. The number of para-hydroxylation sites is 1. The third kappa shape index (κ3) is 4.86. The predicted octanol–water partition coefficient (Wildman–Crippen LogP) is 4.05. The van der Waals surface area contributed by atoms with E-state index >= 15 is 0 Å². The summed E-state index contributed by atoms with van der Waals surface area (Å²) in [5, 5.41) is 18.2. The molecule has 0 atom stereocenters. The highest BCUT2D eigenvalue weighted by Crippen LogP contribution is 2.24. The van der Waals surface area contributed by atoms with Gasteiger partial charge >= 0.3 is 5.97 Å². The fourth-order valence-corrected chi connectivity index (χ4v) is 2.38. The van der Waals surface area contributed by atoms with Crippen LogP contribution in [0.3, 0.4) is 0 Å². The zero-order valence-electron chi connectivity index (χ0n) is 12.9. The van der Waals surface area contributed by atoms with Gasteiger partial charge in [-0.3, -0.25) is 0 Å². The largest absolute Gasteiger partial charge is 0.491 e. The first-order valence-corrected chi connectivity index (χ1v) is 7.65. The summed E-state index contributed by atoms with van der Waals surface area (Å²) >= 11 is 0. The minimum absolute atomic E-state index is 0.0355. The van der Waals surface area contributed by atoms with Crippen LogP contribution in [0.15, 0.2) is 48.5 Å². The van der Waals surface area contributed by atoms with Crippen molar-refractivity contribution in [3.8, 4) is 11.8 Å². The molecule has 0 saturated heterocycles. The molecule has 0 fully saturated rings. The number of hydrogen-bond donors (Lipinski definition) is 1.